The van der Waals surface area contributed by atoms with Gasteiger partial charge in [0.15, 0.2) is 0 Å². The summed E-state index contributed by atoms with van der Waals surface area (Å²) in [6.45, 7) is 4.32. The van der Waals surface area contributed by atoms with Crippen molar-refractivity contribution in [2.45, 2.75) is 39.5 Å². The number of hydrogen-bond donors (Lipinski definition) is 0. The Bertz CT molecular complexity index is 592. The Morgan fingerprint density at radius 2 is 1.59 bits per heavy atom. The maximum absolute atomic E-state index is 5.65. The zero-order valence-corrected chi connectivity index (χ0v) is 14.1. The summed E-state index contributed by atoms with van der Waals surface area (Å²) in [7, 11) is 3.45. The van der Waals surface area contributed by atoms with E-state index < -0.39 is 0 Å². The van der Waals surface area contributed by atoms with Gasteiger partial charge in [-0.25, -0.2) is 0 Å². The van der Waals surface area contributed by atoms with Gasteiger partial charge in [-0.3, -0.25) is 0 Å². The number of aryl methyl sites for hydroxylation is 2. The van der Waals surface area contributed by atoms with Crippen molar-refractivity contribution >= 4 is 0 Å². The molecule has 0 aromatic heterocycles. The largest absolute Gasteiger partial charge is 0.496 e. The second kappa shape index (κ2) is 7.88. The summed E-state index contributed by atoms with van der Waals surface area (Å²) < 4.78 is 11.3. The SMILES string of the molecule is CCCCCc1cc(OC)c(-c2cccc(C)c2)c(OC)c1. The van der Waals surface area contributed by atoms with Crippen LogP contribution in [-0.2, 0) is 6.42 Å². The van der Waals surface area contributed by atoms with Crippen molar-refractivity contribution in [3.63, 3.8) is 0 Å². The average molecular weight is 298 g/mol. The topological polar surface area (TPSA) is 18.5 Å². The summed E-state index contributed by atoms with van der Waals surface area (Å²) in [6, 6.07) is 12.7. The van der Waals surface area contributed by atoms with E-state index in [2.05, 4.69) is 50.2 Å². The molecule has 2 nitrogen and oxygen atoms in total. The number of hydrogen-bond acceptors (Lipinski definition) is 2. The van der Waals surface area contributed by atoms with Gasteiger partial charge in [0.25, 0.3) is 0 Å². The molecule has 0 saturated heterocycles. The van der Waals surface area contributed by atoms with Crippen LogP contribution < -0.4 is 9.47 Å². The Hall–Kier alpha value is -1.96. The van der Waals surface area contributed by atoms with Gasteiger partial charge in [0.05, 0.1) is 19.8 Å². The minimum atomic E-state index is 0.886. The van der Waals surface area contributed by atoms with Crippen molar-refractivity contribution in [3.05, 3.63) is 47.5 Å². The van der Waals surface area contributed by atoms with E-state index in [0.29, 0.717) is 0 Å². The predicted molar refractivity (Wildman–Crippen MR) is 92.9 cm³/mol. The molecule has 0 bridgehead atoms. The molecule has 0 N–H and O–H groups in total. The van der Waals surface area contributed by atoms with Gasteiger partial charge in [-0.2, -0.15) is 0 Å². The van der Waals surface area contributed by atoms with Crippen molar-refractivity contribution in [1.29, 1.82) is 0 Å². The number of benzene rings is 2. The summed E-state index contributed by atoms with van der Waals surface area (Å²) in [4.78, 5) is 0. The van der Waals surface area contributed by atoms with Crippen molar-refractivity contribution in [2.24, 2.45) is 0 Å². The van der Waals surface area contributed by atoms with Crippen molar-refractivity contribution in [3.8, 4) is 22.6 Å². The van der Waals surface area contributed by atoms with Crippen LogP contribution in [-0.4, -0.2) is 14.2 Å². The van der Waals surface area contributed by atoms with E-state index in [0.717, 1.165) is 29.0 Å². The van der Waals surface area contributed by atoms with Crippen LogP contribution in [0.15, 0.2) is 36.4 Å². The fourth-order valence-corrected chi connectivity index (χ4v) is 2.77. The molecule has 0 amide bonds. The highest BCUT2D eigenvalue weighted by molar-refractivity contribution is 5.78. The highest BCUT2D eigenvalue weighted by Crippen LogP contribution is 2.40. The van der Waals surface area contributed by atoms with Gasteiger partial charge in [0, 0.05) is 0 Å². The Morgan fingerprint density at radius 3 is 2.14 bits per heavy atom. The van der Waals surface area contributed by atoms with Crippen molar-refractivity contribution in [2.75, 3.05) is 14.2 Å². The smallest absolute Gasteiger partial charge is 0.130 e. The first-order valence-electron chi connectivity index (χ1n) is 8.01. The van der Waals surface area contributed by atoms with Gasteiger partial charge in [0.1, 0.15) is 11.5 Å². The molecule has 0 unspecified atom stereocenters. The lowest BCUT2D eigenvalue weighted by atomic mass is 9.97. The van der Waals surface area contributed by atoms with Crippen LogP contribution in [0.4, 0.5) is 0 Å². The minimum Gasteiger partial charge on any atom is -0.496 e. The maximum Gasteiger partial charge on any atom is 0.130 e. The van der Waals surface area contributed by atoms with E-state index >= 15 is 0 Å². The third-order valence-corrected chi connectivity index (χ3v) is 3.94. The van der Waals surface area contributed by atoms with Gasteiger partial charge in [-0.05, 0) is 43.0 Å². The molecule has 0 aliphatic heterocycles. The summed E-state index contributed by atoms with van der Waals surface area (Å²) in [5.74, 6) is 1.77. The Morgan fingerprint density at radius 1 is 0.909 bits per heavy atom. The molecule has 2 rings (SSSR count). The molecule has 0 saturated carbocycles. The summed E-state index contributed by atoms with van der Waals surface area (Å²) in [5, 5.41) is 0. The molecular weight excluding hydrogens is 272 g/mol. The van der Waals surface area contributed by atoms with Gasteiger partial charge in [0.2, 0.25) is 0 Å². The lowest BCUT2D eigenvalue weighted by Crippen LogP contribution is -1.97. The van der Waals surface area contributed by atoms with Gasteiger partial charge in [-0.1, -0.05) is 49.6 Å². The van der Waals surface area contributed by atoms with Crippen molar-refractivity contribution in [1.82, 2.24) is 0 Å². The first-order chi connectivity index (χ1) is 10.7. The van der Waals surface area contributed by atoms with E-state index in [9.17, 15) is 0 Å². The van der Waals surface area contributed by atoms with Gasteiger partial charge in [-0.15, -0.1) is 0 Å². The number of unbranched alkanes of at least 4 members (excludes halogenated alkanes) is 2. The predicted octanol–water partition coefficient (Wildman–Crippen LogP) is 5.41. The maximum atomic E-state index is 5.65. The van der Waals surface area contributed by atoms with Crippen LogP contribution >= 0.6 is 0 Å². The van der Waals surface area contributed by atoms with Crippen molar-refractivity contribution < 1.29 is 9.47 Å². The molecule has 0 radical (unpaired) electrons. The lowest BCUT2D eigenvalue weighted by Gasteiger charge is -2.16. The molecule has 2 heteroatoms. The Labute approximate surface area is 134 Å². The minimum absolute atomic E-state index is 0.886. The van der Waals surface area contributed by atoms with Crippen LogP contribution in [0.2, 0.25) is 0 Å². The number of ether oxygens (including phenoxy) is 2. The normalized spacial score (nSPS) is 10.5. The fraction of sp³-hybridized carbons (Fsp3) is 0.400. The third kappa shape index (κ3) is 3.82. The summed E-state index contributed by atoms with van der Waals surface area (Å²) in [5.41, 5.74) is 4.67. The van der Waals surface area contributed by atoms with E-state index in [4.69, 9.17) is 9.47 Å². The zero-order chi connectivity index (χ0) is 15.9. The van der Waals surface area contributed by atoms with E-state index in [1.165, 1.54) is 30.4 Å². The molecule has 0 spiro atoms. The second-order valence-corrected chi connectivity index (χ2v) is 5.70. The lowest BCUT2D eigenvalue weighted by molar-refractivity contribution is 0.396. The molecule has 2 aromatic rings. The monoisotopic (exact) mass is 298 g/mol. The molecule has 2 aromatic carbocycles. The van der Waals surface area contributed by atoms with Gasteiger partial charge < -0.3 is 9.47 Å². The fourth-order valence-electron chi connectivity index (χ4n) is 2.77. The highest BCUT2D eigenvalue weighted by Gasteiger charge is 2.14. The molecule has 0 fully saturated rings. The van der Waals surface area contributed by atoms with Crippen LogP contribution in [0.5, 0.6) is 11.5 Å². The molecule has 0 aliphatic rings. The third-order valence-electron chi connectivity index (χ3n) is 3.94. The quantitative estimate of drug-likeness (QED) is 0.636. The summed E-state index contributed by atoms with van der Waals surface area (Å²) >= 11 is 0. The molecule has 0 aliphatic carbocycles. The Kier molecular flexibility index (Phi) is 5.88. The molecule has 0 atom stereocenters. The molecule has 22 heavy (non-hydrogen) atoms. The van der Waals surface area contributed by atoms with E-state index in [-0.39, 0.29) is 0 Å². The molecule has 0 heterocycles. The summed E-state index contributed by atoms with van der Waals surface area (Å²) in [6.07, 6.45) is 4.75. The molecule has 118 valence electrons. The van der Waals surface area contributed by atoms with Crippen LogP contribution in [0.1, 0.15) is 37.3 Å². The van der Waals surface area contributed by atoms with Crippen LogP contribution in [0.3, 0.4) is 0 Å². The zero-order valence-electron chi connectivity index (χ0n) is 14.1. The van der Waals surface area contributed by atoms with E-state index in [1.807, 2.05) is 0 Å². The van der Waals surface area contributed by atoms with Crippen LogP contribution in [0, 0.1) is 6.92 Å². The number of rotatable bonds is 7. The Balaban J connectivity index is 2.44. The second-order valence-electron chi connectivity index (χ2n) is 5.70. The highest BCUT2D eigenvalue weighted by atomic mass is 16.5. The molecular formula is C20H26O2. The number of methoxy groups -OCH3 is 2. The standard InChI is InChI=1S/C20H26O2/c1-5-6-7-10-16-13-18(21-3)20(19(14-16)22-4)17-11-8-9-15(2)12-17/h8-9,11-14H,5-7,10H2,1-4H3. The van der Waals surface area contributed by atoms with Gasteiger partial charge >= 0.3 is 0 Å². The average Bonchev–Trinajstić information content (AvgIpc) is 2.54. The van der Waals surface area contributed by atoms with Crippen LogP contribution in [0.25, 0.3) is 11.1 Å². The first kappa shape index (κ1) is 16.4. The van der Waals surface area contributed by atoms with E-state index in [1.54, 1.807) is 14.2 Å². The first-order valence-corrected chi connectivity index (χ1v) is 8.01.